The topological polar surface area (TPSA) is 107 Å². The molecule has 2 N–H and O–H groups in total. The third kappa shape index (κ3) is 4.31. The lowest BCUT2D eigenvalue weighted by molar-refractivity contribution is -0.123. The lowest BCUT2D eigenvalue weighted by Crippen LogP contribution is -2.50. The van der Waals surface area contributed by atoms with Crippen LogP contribution in [-0.4, -0.2) is 46.2 Å². The molecule has 1 unspecified atom stereocenters. The van der Waals surface area contributed by atoms with Crippen LogP contribution < -0.4 is 10.2 Å². The number of hydrogen-bond acceptors (Lipinski definition) is 5. The highest BCUT2D eigenvalue weighted by Gasteiger charge is 2.38. The first kappa shape index (κ1) is 21.8. The number of amides is 4. The summed E-state index contributed by atoms with van der Waals surface area (Å²) in [4.78, 5) is 53.8. The van der Waals surface area contributed by atoms with Crippen molar-refractivity contribution in [3.63, 3.8) is 0 Å². The Morgan fingerprint density at radius 2 is 1.52 bits per heavy atom. The molecule has 0 radical (unpaired) electrons. The predicted molar refractivity (Wildman–Crippen MR) is 122 cm³/mol. The standard InChI is InChI=1S/C25H21N3O5/c1-16(23(31)26-17-8-3-2-4-9-17)28(18-10-7-11-19(29)14-18)22(30)15-27-24(32)20-12-5-6-13-21(20)25(27)33/h2-14,16,29H,15H2,1H3,(H,26,31). The summed E-state index contributed by atoms with van der Waals surface area (Å²) in [6.07, 6.45) is 0. The number of imide groups is 1. The van der Waals surface area contributed by atoms with Crippen LogP contribution in [0.5, 0.6) is 5.75 Å². The van der Waals surface area contributed by atoms with Crippen LogP contribution >= 0.6 is 0 Å². The molecule has 1 heterocycles. The lowest BCUT2D eigenvalue weighted by Gasteiger charge is -2.30. The summed E-state index contributed by atoms with van der Waals surface area (Å²) in [5.74, 6) is -2.35. The molecule has 1 aliphatic heterocycles. The van der Waals surface area contributed by atoms with Crippen molar-refractivity contribution >= 4 is 35.0 Å². The Bertz CT molecular complexity index is 1210. The SMILES string of the molecule is CC(C(=O)Nc1ccccc1)N(C(=O)CN1C(=O)c2ccccc2C1=O)c1cccc(O)c1. The van der Waals surface area contributed by atoms with Gasteiger partial charge < -0.3 is 10.4 Å². The Hall–Kier alpha value is -4.46. The van der Waals surface area contributed by atoms with Gasteiger partial charge in [0.05, 0.1) is 11.1 Å². The van der Waals surface area contributed by atoms with Gasteiger partial charge in [0.2, 0.25) is 11.8 Å². The molecule has 0 bridgehead atoms. The minimum Gasteiger partial charge on any atom is -0.508 e. The maximum Gasteiger partial charge on any atom is 0.262 e. The van der Waals surface area contributed by atoms with Crippen molar-refractivity contribution in [3.05, 3.63) is 90.0 Å². The summed E-state index contributed by atoms with van der Waals surface area (Å²) in [5.41, 5.74) is 1.27. The minimum atomic E-state index is -1.00. The van der Waals surface area contributed by atoms with Crippen LogP contribution in [0.2, 0.25) is 0 Å². The quantitative estimate of drug-likeness (QED) is 0.570. The van der Waals surface area contributed by atoms with Crippen LogP contribution in [0.3, 0.4) is 0 Å². The normalized spacial score (nSPS) is 13.4. The molecule has 0 fully saturated rings. The number of nitrogens with zero attached hydrogens (tertiary/aromatic N) is 2. The minimum absolute atomic E-state index is 0.0957. The first-order valence-electron chi connectivity index (χ1n) is 10.3. The third-order valence-corrected chi connectivity index (χ3v) is 5.36. The van der Waals surface area contributed by atoms with E-state index in [1.165, 1.54) is 42.2 Å². The molecule has 4 rings (SSSR count). The molecular weight excluding hydrogens is 422 g/mol. The molecule has 8 heteroatoms. The van der Waals surface area contributed by atoms with E-state index in [0.29, 0.717) is 5.69 Å². The third-order valence-electron chi connectivity index (χ3n) is 5.36. The molecule has 1 aliphatic rings. The van der Waals surface area contributed by atoms with Crippen molar-refractivity contribution in [2.45, 2.75) is 13.0 Å². The van der Waals surface area contributed by atoms with Gasteiger partial charge in [0, 0.05) is 17.4 Å². The summed E-state index contributed by atoms with van der Waals surface area (Å²) in [7, 11) is 0. The Morgan fingerprint density at radius 1 is 0.909 bits per heavy atom. The number of phenols is 1. The number of carbonyl (C=O) groups is 4. The van der Waals surface area contributed by atoms with Crippen molar-refractivity contribution in [1.29, 1.82) is 0 Å². The zero-order valence-corrected chi connectivity index (χ0v) is 17.8. The number of benzene rings is 3. The van der Waals surface area contributed by atoms with Crippen LogP contribution in [0, 0.1) is 0 Å². The van der Waals surface area contributed by atoms with Gasteiger partial charge in [-0.2, -0.15) is 0 Å². The molecule has 0 saturated heterocycles. The van der Waals surface area contributed by atoms with Gasteiger partial charge in [0.15, 0.2) is 0 Å². The van der Waals surface area contributed by atoms with Crippen LogP contribution in [0.4, 0.5) is 11.4 Å². The van der Waals surface area contributed by atoms with Crippen LogP contribution in [0.15, 0.2) is 78.9 Å². The molecule has 0 aliphatic carbocycles. The monoisotopic (exact) mass is 443 g/mol. The maximum atomic E-state index is 13.4. The van der Waals surface area contributed by atoms with Gasteiger partial charge in [0.25, 0.3) is 11.8 Å². The Balaban J connectivity index is 1.61. The Morgan fingerprint density at radius 3 is 2.12 bits per heavy atom. The van der Waals surface area contributed by atoms with E-state index in [9.17, 15) is 24.3 Å². The number of nitrogens with one attached hydrogen (secondary N) is 1. The van der Waals surface area contributed by atoms with E-state index >= 15 is 0 Å². The molecule has 0 aromatic heterocycles. The van der Waals surface area contributed by atoms with E-state index in [-0.39, 0.29) is 22.6 Å². The van der Waals surface area contributed by atoms with Crippen molar-refractivity contribution in [1.82, 2.24) is 4.90 Å². The van der Waals surface area contributed by atoms with E-state index in [1.807, 2.05) is 6.07 Å². The second kappa shape index (κ2) is 8.96. The van der Waals surface area contributed by atoms with Crippen molar-refractivity contribution in [2.24, 2.45) is 0 Å². The summed E-state index contributed by atoms with van der Waals surface area (Å²) >= 11 is 0. The fourth-order valence-electron chi connectivity index (χ4n) is 3.71. The number of hydrogen-bond donors (Lipinski definition) is 2. The predicted octanol–water partition coefficient (Wildman–Crippen LogP) is 3.05. The number of carbonyl (C=O) groups excluding carboxylic acids is 4. The molecule has 0 spiro atoms. The summed E-state index contributed by atoms with van der Waals surface area (Å²) < 4.78 is 0. The molecule has 8 nitrogen and oxygen atoms in total. The van der Waals surface area contributed by atoms with Gasteiger partial charge in [-0.15, -0.1) is 0 Å². The summed E-state index contributed by atoms with van der Waals surface area (Å²) in [6, 6.07) is 20.0. The van der Waals surface area contributed by atoms with Gasteiger partial charge in [-0.05, 0) is 43.3 Å². The highest BCUT2D eigenvalue weighted by molar-refractivity contribution is 6.23. The van der Waals surface area contributed by atoms with Gasteiger partial charge in [-0.25, -0.2) is 0 Å². The number of anilines is 2. The molecule has 3 aromatic carbocycles. The fourth-order valence-corrected chi connectivity index (χ4v) is 3.71. The molecule has 4 amide bonds. The van der Waals surface area contributed by atoms with Crippen LogP contribution in [0.1, 0.15) is 27.6 Å². The molecule has 166 valence electrons. The largest absolute Gasteiger partial charge is 0.508 e. The molecule has 0 saturated carbocycles. The second-order valence-corrected chi connectivity index (χ2v) is 7.56. The second-order valence-electron chi connectivity index (χ2n) is 7.56. The van der Waals surface area contributed by atoms with E-state index in [2.05, 4.69) is 5.32 Å². The van der Waals surface area contributed by atoms with Gasteiger partial charge in [-0.3, -0.25) is 29.0 Å². The first-order chi connectivity index (χ1) is 15.9. The van der Waals surface area contributed by atoms with E-state index in [4.69, 9.17) is 0 Å². The Labute approximate surface area is 190 Å². The number of para-hydroxylation sites is 1. The molecular formula is C25H21N3O5. The zero-order valence-electron chi connectivity index (χ0n) is 17.8. The van der Waals surface area contributed by atoms with Crippen LogP contribution in [-0.2, 0) is 9.59 Å². The zero-order chi connectivity index (χ0) is 23.5. The molecule has 3 aromatic rings. The lowest BCUT2D eigenvalue weighted by atomic mass is 10.1. The van der Waals surface area contributed by atoms with Crippen LogP contribution in [0.25, 0.3) is 0 Å². The van der Waals surface area contributed by atoms with E-state index in [0.717, 1.165) is 4.90 Å². The van der Waals surface area contributed by atoms with E-state index in [1.54, 1.807) is 42.5 Å². The summed E-state index contributed by atoms with van der Waals surface area (Å²) in [6.45, 7) is 0.980. The van der Waals surface area contributed by atoms with Gasteiger partial charge >= 0.3 is 0 Å². The van der Waals surface area contributed by atoms with E-state index < -0.39 is 36.2 Å². The fraction of sp³-hybridized carbons (Fsp3) is 0.120. The molecule has 1 atom stereocenters. The Kier molecular flexibility index (Phi) is 5.91. The maximum absolute atomic E-state index is 13.4. The van der Waals surface area contributed by atoms with Crippen molar-refractivity contribution < 1.29 is 24.3 Å². The summed E-state index contributed by atoms with van der Waals surface area (Å²) in [5, 5.41) is 12.7. The number of aromatic hydroxyl groups is 1. The van der Waals surface area contributed by atoms with Crippen molar-refractivity contribution in [2.75, 3.05) is 16.8 Å². The average molecular weight is 443 g/mol. The van der Waals surface area contributed by atoms with Gasteiger partial charge in [0.1, 0.15) is 18.3 Å². The highest BCUT2D eigenvalue weighted by atomic mass is 16.3. The smallest absolute Gasteiger partial charge is 0.262 e. The number of phenolic OH excluding ortho intramolecular Hbond substituents is 1. The number of rotatable bonds is 6. The van der Waals surface area contributed by atoms with Crippen molar-refractivity contribution in [3.8, 4) is 5.75 Å². The van der Waals surface area contributed by atoms with Gasteiger partial charge in [-0.1, -0.05) is 36.4 Å². The first-order valence-corrected chi connectivity index (χ1v) is 10.3. The number of fused-ring (bicyclic) bond motifs is 1. The molecule has 33 heavy (non-hydrogen) atoms. The average Bonchev–Trinajstić information content (AvgIpc) is 3.05. The highest BCUT2D eigenvalue weighted by Crippen LogP contribution is 2.26.